The number of carbonyl (C=O) groups is 1. The molecule has 1 aliphatic rings. The Morgan fingerprint density at radius 1 is 1.19 bits per heavy atom. The highest BCUT2D eigenvalue weighted by atomic mass is 32.1. The first-order valence-corrected chi connectivity index (χ1v) is 10.2. The maximum Gasteiger partial charge on any atom is 0.260 e. The Bertz CT molecular complexity index is 972. The van der Waals surface area contributed by atoms with Gasteiger partial charge >= 0.3 is 0 Å². The van der Waals surface area contributed by atoms with Gasteiger partial charge in [-0.3, -0.25) is 9.69 Å². The van der Waals surface area contributed by atoms with Crippen molar-refractivity contribution in [3.63, 3.8) is 0 Å². The van der Waals surface area contributed by atoms with Crippen LogP contribution in [0.4, 0.5) is 5.13 Å². The number of anilines is 1. The second kappa shape index (κ2) is 7.41. The summed E-state index contributed by atoms with van der Waals surface area (Å²) in [6, 6.07) is 12.0. The first kappa shape index (κ1) is 18.1. The lowest BCUT2D eigenvalue weighted by atomic mass is 10.1. The molecule has 4 rings (SSSR count). The van der Waals surface area contributed by atoms with Gasteiger partial charge in [0.05, 0.1) is 22.9 Å². The number of aromatic nitrogens is 1. The third kappa shape index (κ3) is 3.75. The molecular formula is C22H24N2O2S. The normalized spacial score (nSPS) is 16.8. The quantitative estimate of drug-likeness (QED) is 0.636. The smallest absolute Gasteiger partial charge is 0.260 e. The Kier molecular flexibility index (Phi) is 4.98. The number of ether oxygens (including phenoxy) is 1. The van der Waals surface area contributed by atoms with Crippen LogP contribution >= 0.6 is 11.3 Å². The van der Waals surface area contributed by atoms with Gasteiger partial charge in [0.25, 0.3) is 5.91 Å². The van der Waals surface area contributed by atoms with E-state index in [0.29, 0.717) is 12.1 Å². The van der Waals surface area contributed by atoms with Crippen molar-refractivity contribution in [3.8, 4) is 0 Å². The van der Waals surface area contributed by atoms with Crippen molar-refractivity contribution in [1.82, 2.24) is 4.98 Å². The topological polar surface area (TPSA) is 42.4 Å². The molecule has 3 aromatic rings. The molecule has 0 aliphatic carbocycles. The molecule has 1 amide bonds. The van der Waals surface area contributed by atoms with E-state index in [4.69, 9.17) is 9.72 Å². The van der Waals surface area contributed by atoms with Crippen LogP contribution in [-0.4, -0.2) is 30.1 Å². The van der Waals surface area contributed by atoms with Crippen molar-refractivity contribution < 1.29 is 9.53 Å². The number of carbonyl (C=O) groups excluding carboxylic acids is 1. The highest BCUT2D eigenvalue weighted by Crippen LogP contribution is 2.33. The van der Waals surface area contributed by atoms with Crippen LogP contribution in [-0.2, 0) is 4.74 Å². The SMILES string of the molecule is Cc1ccc(C(=O)N(CC2CCCO2)c2nc3cc(C)cc(C)c3s2)cc1. The van der Waals surface area contributed by atoms with Gasteiger partial charge in [0.2, 0.25) is 0 Å². The van der Waals surface area contributed by atoms with Crippen LogP contribution in [0.1, 0.15) is 39.9 Å². The average Bonchev–Trinajstić information content (AvgIpc) is 3.29. The third-order valence-corrected chi connectivity index (χ3v) is 6.22. The maximum absolute atomic E-state index is 13.3. The first-order valence-electron chi connectivity index (χ1n) is 9.39. The highest BCUT2D eigenvalue weighted by Gasteiger charge is 2.27. The largest absolute Gasteiger partial charge is 0.376 e. The van der Waals surface area contributed by atoms with Crippen LogP contribution in [0.25, 0.3) is 10.2 Å². The lowest BCUT2D eigenvalue weighted by molar-refractivity contribution is 0.0917. The molecule has 0 spiro atoms. The van der Waals surface area contributed by atoms with Gasteiger partial charge in [-0.25, -0.2) is 4.98 Å². The summed E-state index contributed by atoms with van der Waals surface area (Å²) in [5.74, 6) is -0.0149. The Labute approximate surface area is 163 Å². The number of fused-ring (bicyclic) bond motifs is 1. The minimum Gasteiger partial charge on any atom is -0.376 e. The molecule has 0 bridgehead atoms. The zero-order valence-corrected chi connectivity index (χ0v) is 16.8. The van der Waals surface area contributed by atoms with Crippen molar-refractivity contribution in [2.24, 2.45) is 0 Å². The van der Waals surface area contributed by atoms with E-state index in [1.165, 1.54) is 11.1 Å². The second-order valence-electron chi connectivity index (χ2n) is 7.34. The zero-order chi connectivity index (χ0) is 19.0. The van der Waals surface area contributed by atoms with Crippen LogP contribution < -0.4 is 4.90 Å². The predicted molar refractivity (Wildman–Crippen MR) is 111 cm³/mol. The fraction of sp³-hybridized carbons (Fsp3) is 0.364. The summed E-state index contributed by atoms with van der Waals surface area (Å²) >= 11 is 1.59. The van der Waals surface area contributed by atoms with Crippen LogP contribution in [0.5, 0.6) is 0 Å². The average molecular weight is 381 g/mol. The lowest BCUT2D eigenvalue weighted by Gasteiger charge is -2.23. The molecule has 27 heavy (non-hydrogen) atoms. The number of benzene rings is 2. The van der Waals surface area contributed by atoms with Gasteiger partial charge < -0.3 is 4.74 Å². The molecule has 4 nitrogen and oxygen atoms in total. The van der Waals surface area contributed by atoms with E-state index in [-0.39, 0.29) is 12.0 Å². The molecule has 1 unspecified atom stereocenters. The molecule has 1 aliphatic heterocycles. The lowest BCUT2D eigenvalue weighted by Crippen LogP contribution is -2.37. The number of hydrogen-bond acceptors (Lipinski definition) is 4. The van der Waals surface area contributed by atoms with E-state index >= 15 is 0 Å². The van der Waals surface area contributed by atoms with Gasteiger partial charge in [-0.1, -0.05) is 35.1 Å². The van der Waals surface area contributed by atoms with E-state index < -0.39 is 0 Å². The summed E-state index contributed by atoms with van der Waals surface area (Å²) in [5.41, 5.74) is 5.18. The van der Waals surface area contributed by atoms with Crippen molar-refractivity contribution in [3.05, 3.63) is 58.7 Å². The van der Waals surface area contributed by atoms with Gasteiger partial charge in [-0.2, -0.15) is 0 Å². The molecule has 1 aromatic heterocycles. The molecule has 2 aromatic carbocycles. The highest BCUT2D eigenvalue weighted by molar-refractivity contribution is 7.22. The van der Waals surface area contributed by atoms with E-state index in [1.807, 2.05) is 31.2 Å². The van der Waals surface area contributed by atoms with Crippen molar-refractivity contribution in [2.45, 2.75) is 39.7 Å². The molecule has 1 saturated heterocycles. The van der Waals surface area contributed by atoms with E-state index in [9.17, 15) is 4.79 Å². The summed E-state index contributed by atoms with van der Waals surface area (Å²) in [7, 11) is 0. The van der Waals surface area contributed by atoms with Crippen LogP contribution in [0.15, 0.2) is 36.4 Å². The van der Waals surface area contributed by atoms with E-state index in [2.05, 4.69) is 26.0 Å². The van der Waals surface area contributed by atoms with Gasteiger partial charge in [0.1, 0.15) is 0 Å². The van der Waals surface area contributed by atoms with Gasteiger partial charge in [0, 0.05) is 12.2 Å². The van der Waals surface area contributed by atoms with E-state index in [0.717, 1.165) is 40.4 Å². The molecular weight excluding hydrogens is 356 g/mol. The molecule has 140 valence electrons. The third-order valence-electron chi connectivity index (χ3n) is 4.99. The first-order chi connectivity index (χ1) is 13.0. The Balaban J connectivity index is 1.74. The molecule has 2 heterocycles. The van der Waals surface area contributed by atoms with Crippen LogP contribution in [0, 0.1) is 20.8 Å². The fourth-order valence-electron chi connectivity index (χ4n) is 3.57. The van der Waals surface area contributed by atoms with Crippen LogP contribution in [0.2, 0.25) is 0 Å². The minimum atomic E-state index is -0.0149. The summed E-state index contributed by atoms with van der Waals surface area (Å²) < 4.78 is 6.95. The molecule has 1 atom stereocenters. The molecule has 5 heteroatoms. The predicted octanol–water partition coefficient (Wildman–Crippen LogP) is 5.05. The number of aryl methyl sites for hydroxylation is 3. The summed E-state index contributed by atoms with van der Waals surface area (Å²) in [5, 5.41) is 0.750. The van der Waals surface area contributed by atoms with Crippen molar-refractivity contribution in [2.75, 3.05) is 18.1 Å². The number of rotatable bonds is 4. The van der Waals surface area contributed by atoms with Gasteiger partial charge in [0.15, 0.2) is 5.13 Å². The maximum atomic E-state index is 13.3. The standard InChI is InChI=1S/C22H24N2O2S/c1-14-6-8-17(9-7-14)21(25)24(13-18-5-4-10-26-18)22-23-19-12-15(2)11-16(3)20(19)27-22/h6-9,11-12,18H,4-5,10,13H2,1-3H3. The summed E-state index contributed by atoms with van der Waals surface area (Å²) in [6.07, 6.45) is 2.12. The molecule has 1 fully saturated rings. The Morgan fingerprint density at radius 2 is 1.96 bits per heavy atom. The van der Waals surface area contributed by atoms with Crippen LogP contribution in [0.3, 0.4) is 0 Å². The number of nitrogens with zero attached hydrogens (tertiary/aromatic N) is 2. The second-order valence-corrected chi connectivity index (χ2v) is 8.32. The summed E-state index contributed by atoms with van der Waals surface area (Å²) in [6.45, 7) is 7.52. The summed E-state index contributed by atoms with van der Waals surface area (Å²) in [4.78, 5) is 19.9. The number of hydrogen-bond donors (Lipinski definition) is 0. The number of amides is 1. The fourth-order valence-corrected chi connectivity index (χ4v) is 4.60. The molecule has 0 N–H and O–H groups in total. The minimum absolute atomic E-state index is 0.0149. The van der Waals surface area contributed by atoms with Crippen molar-refractivity contribution in [1.29, 1.82) is 0 Å². The van der Waals surface area contributed by atoms with Crippen molar-refractivity contribution >= 4 is 32.6 Å². The number of thiazole rings is 1. The van der Waals surface area contributed by atoms with Gasteiger partial charge in [-0.05, 0) is 62.9 Å². The Morgan fingerprint density at radius 3 is 2.67 bits per heavy atom. The molecule has 0 radical (unpaired) electrons. The van der Waals surface area contributed by atoms with Gasteiger partial charge in [-0.15, -0.1) is 0 Å². The van der Waals surface area contributed by atoms with E-state index in [1.54, 1.807) is 16.2 Å². The molecule has 0 saturated carbocycles. The zero-order valence-electron chi connectivity index (χ0n) is 16.0. The monoisotopic (exact) mass is 380 g/mol. The Hall–Kier alpha value is -2.24.